The van der Waals surface area contributed by atoms with Crippen LogP contribution in [0.15, 0.2) is 36.5 Å². The fourth-order valence-electron chi connectivity index (χ4n) is 2.93. The quantitative estimate of drug-likeness (QED) is 0.868. The zero-order valence-electron chi connectivity index (χ0n) is 13.6. The highest BCUT2D eigenvalue weighted by molar-refractivity contribution is 6.30. The predicted octanol–water partition coefficient (Wildman–Crippen LogP) is 2.11. The van der Waals surface area contributed by atoms with Crippen molar-refractivity contribution in [2.75, 3.05) is 26.7 Å². The molecule has 1 unspecified atom stereocenters. The molecule has 2 heterocycles. The smallest absolute Gasteiger partial charge is 0.221 e. The van der Waals surface area contributed by atoms with E-state index in [0.29, 0.717) is 18.1 Å². The number of hydrogen-bond donors (Lipinski definition) is 1. The number of hydrogen-bond acceptors (Lipinski definition) is 4. The maximum absolute atomic E-state index is 11.7. The summed E-state index contributed by atoms with van der Waals surface area (Å²) in [5, 5.41) is 7.75. The maximum atomic E-state index is 11.7. The Morgan fingerprint density at radius 2 is 2.17 bits per heavy atom. The molecule has 7 heteroatoms. The molecule has 2 aromatic rings. The molecule has 1 aromatic heterocycles. The van der Waals surface area contributed by atoms with E-state index in [2.05, 4.69) is 15.3 Å². The Bertz CT molecular complexity index is 686. The van der Waals surface area contributed by atoms with Gasteiger partial charge in [-0.15, -0.1) is 0 Å². The number of ether oxygens (including phenoxy) is 1. The van der Waals surface area contributed by atoms with Gasteiger partial charge in [0, 0.05) is 37.9 Å². The molecule has 1 aliphatic heterocycles. The Labute approximate surface area is 146 Å². The van der Waals surface area contributed by atoms with Crippen LogP contribution in [0.2, 0.25) is 5.02 Å². The number of rotatable bonds is 6. The van der Waals surface area contributed by atoms with Crippen LogP contribution in [0.3, 0.4) is 0 Å². The van der Waals surface area contributed by atoms with E-state index in [1.165, 1.54) is 0 Å². The minimum absolute atomic E-state index is 0.0284. The van der Waals surface area contributed by atoms with Crippen molar-refractivity contribution in [2.24, 2.45) is 0 Å². The Morgan fingerprint density at radius 1 is 1.38 bits per heavy atom. The van der Waals surface area contributed by atoms with E-state index in [1.54, 1.807) is 13.2 Å². The Hall–Kier alpha value is -2.05. The zero-order chi connectivity index (χ0) is 16.9. The zero-order valence-corrected chi connectivity index (χ0v) is 14.4. The van der Waals surface area contributed by atoms with Gasteiger partial charge in [-0.3, -0.25) is 14.4 Å². The summed E-state index contributed by atoms with van der Waals surface area (Å²) in [5.74, 6) is 0.837. The number of halogens is 1. The lowest BCUT2D eigenvalue weighted by Crippen LogP contribution is -2.41. The second-order valence-corrected chi connectivity index (χ2v) is 6.27. The summed E-state index contributed by atoms with van der Waals surface area (Å²) < 4.78 is 7.73. The number of carbonyl (C=O) groups excluding carboxylic acids is 1. The van der Waals surface area contributed by atoms with Gasteiger partial charge in [0.2, 0.25) is 5.91 Å². The first-order valence-electron chi connectivity index (χ1n) is 7.99. The van der Waals surface area contributed by atoms with Crippen molar-refractivity contribution in [1.82, 2.24) is 20.0 Å². The summed E-state index contributed by atoms with van der Waals surface area (Å²) in [4.78, 5) is 14.0. The lowest BCUT2D eigenvalue weighted by atomic mass is 10.1. The molecule has 0 bridgehead atoms. The summed E-state index contributed by atoms with van der Waals surface area (Å²) >= 11 is 5.87. The Kier molecular flexibility index (Phi) is 5.37. The minimum Gasteiger partial charge on any atom is -0.492 e. The molecule has 1 atom stereocenters. The maximum Gasteiger partial charge on any atom is 0.221 e. The van der Waals surface area contributed by atoms with Gasteiger partial charge in [-0.25, -0.2) is 0 Å². The molecule has 0 radical (unpaired) electrons. The summed E-state index contributed by atoms with van der Waals surface area (Å²) in [6.45, 7) is 2.97. The molecule has 0 aliphatic carbocycles. The van der Waals surface area contributed by atoms with Gasteiger partial charge < -0.3 is 10.1 Å². The van der Waals surface area contributed by atoms with E-state index in [0.717, 1.165) is 31.1 Å². The molecular formula is C17H21ClN4O2. The van der Waals surface area contributed by atoms with Gasteiger partial charge in [-0.05, 0) is 30.3 Å². The third kappa shape index (κ3) is 4.07. The number of benzene rings is 1. The normalized spacial score (nSPS) is 17.3. The number of fused-ring (bicyclic) bond motifs is 1. The third-order valence-electron chi connectivity index (χ3n) is 4.14. The summed E-state index contributed by atoms with van der Waals surface area (Å²) in [6.07, 6.45) is 2.22. The molecule has 0 spiro atoms. The average Bonchev–Trinajstić information content (AvgIpc) is 3.05. The predicted molar refractivity (Wildman–Crippen MR) is 92.2 cm³/mol. The molecule has 1 aromatic carbocycles. The van der Waals surface area contributed by atoms with Gasteiger partial charge in [-0.2, -0.15) is 5.10 Å². The third-order valence-corrected chi connectivity index (χ3v) is 4.39. The highest BCUT2D eigenvalue weighted by Gasteiger charge is 2.26. The molecule has 1 amide bonds. The Morgan fingerprint density at radius 3 is 2.92 bits per heavy atom. The van der Waals surface area contributed by atoms with Crippen molar-refractivity contribution in [1.29, 1.82) is 0 Å². The molecule has 1 aliphatic rings. The van der Waals surface area contributed by atoms with Crippen LogP contribution in [0.5, 0.6) is 5.75 Å². The highest BCUT2D eigenvalue weighted by atomic mass is 35.5. The van der Waals surface area contributed by atoms with Gasteiger partial charge in [0.15, 0.2) is 0 Å². The number of amides is 1. The molecule has 1 N–H and O–H groups in total. The van der Waals surface area contributed by atoms with E-state index >= 15 is 0 Å². The summed E-state index contributed by atoms with van der Waals surface area (Å²) in [7, 11) is 1.66. The van der Waals surface area contributed by atoms with Crippen molar-refractivity contribution in [2.45, 2.75) is 19.0 Å². The monoisotopic (exact) mass is 348 g/mol. The Balaban J connectivity index is 1.56. The molecular weight excluding hydrogens is 328 g/mol. The number of carbonyl (C=O) groups is 1. The topological polar surface area (TPSA) is 59.4 Å². The number of nitrogens with one attached hydrogen (secondary N) is 1. The standard InChI is InChI=1S/C17H21ClN4O2/c1-19-17(23)10-15-12-21(11-14-6-7-20-22(14)15)8-9-24-16-4-2-13(18)3-5-16/h2-7,15H,8-12H2,1H3,(H,19,23). The molecule has 128 valence electrons. The SMILES string of the molecule is CNC(=O)CC1CN(CCOc2ccc(Cl)cc2)Cc2ccnn21. The van der Waals surface area contributed by atoms with Crippen LogP contribution in [0.4, 0.5) is 0 Å². The van der Waals surface area contributed by atoms with Crippen molar-refractivity contribution < 1.29 is 9.53 Å². The van der Waals surface area contributed by atoms with Crippen molar-refractivity contribution in [3.8, 4) is 5.75 Å². The largest absolute Gasteiger partial charge is 0.492 e. The van der Waals surface area contributed by atoms with Crippen LogP contribution in [-0.4, -0.2) is 47.3 Å². The summed E-state index contributed by atoms with van der Waals surface area (Å²) in [5.41, 5.74) is 1.13. The first-order valence-corrected chi connectivity index (χ1v) is 8.37. The fraction of sp³-hybridized carbons (Fsp3) is 0.412. The number of aromatic nitrogens is 2. The first-order chi connectivity index (χ1) is 11.7. The van der Waals surface area contributed by atoms with Crippen LogP contribution in [0.25, 0.3) is 0 Å². The van der Waals surface area contributed by atoms with Crippen LogP contribution < -0.4 is 10.1 Å². The van der Waals surface area contributed by atoms with Crippen LogP contribution in [-0.2, 0) is 11.3 Å². The fourth-order valence-corrected chi connectivity index (χ4v) is 3.05. The average molecular weight is 349 g/mol. The van der Waals surface area contributed by atoms with Crippen LogP contribution in [0, 0.1) is 0 Å². The second-order valence-electron chi connectivity index (χ2n) is 5.84. The molecule has 24 heavy (non-hydrogen) atoms. The van der Waals surface area contributed by atoms with Gasteiger partial charge >= 0.3 is 0 Å². The van der Waals surface area contributed by atoms with Crippen LogP contribution in [0.1, 0.15) is 18.2 Å². The second kappa shape index (κ2) is 7.68. The van der Waals surface area contributed by atoms with E-state index in [-0.39, 0.29) is 11.9 Å². The van der Waals surface area contributed by atoms with E-state index in [4.69, 9.17) is 16.3 Å². The van der Waals surface area contributed by atoms with Gasteiger partial charge in [-0.1, -0.05) is 11.6 Å². The van der Waals surface area contributed by atoms with E-state index < -0.39 is 0 Å². The van der Waals surface area contributed by atoms with Gasteiger partial charge in [0.05, 0.1) is 18.2 Å². The molecule has 0 fully saturated rings. The van der Waals surface area contributed by atoms with Crippen molar-refractivity contribution >= 4 is 17.5 Å². The highest BCUT2D eigenvalue weighted by Crippen LogP contribution is 2.23. The van der Waals surface area contributed by atoms with Crippen molar-refractivity contribution in [3.63, 3.8) is 0 Å². The van der Waals surface area contributed by atoms with Gasteiger partial charge in [0.25, 0.3) is 0 Å². The molecule has 6 nitrogen and oxygen atoms in total. The lowest BCUT2D eigenvalue weighted by molar-refractivity contribution is -0.121. The molecule has 0 saturated carbocycles. The minimum atomic E-state index is 0.0284. The molecule has 3 rings (SSSR count). The van der Waals surface area contributed by atoms with E-state index in [1.807, 2.05) is 35.0 Å². The summed E-state index contributed by atoms with van der Waals surface area (Å²) in [6, 6.07) is 9.41. The number of nitrogens with zero attached hydrogens (tertiary/aromatic N) is 3. The van der Waals surface area contributed by atoms with Crippen LogP contribution >= 0.6 is 11.6 Å². The lowest BCUT2D eigenvalue weighted by Gasteiger charge is -2.33. The van der Waals surface area contributed by atoms with E-state index in [9.17, 15) is 4.79 Å². The first kappa shape index (κ1) is 16.8. The van der Waals surface area contributed by atoms with Gasteiger partial charge in [0.1, 0.15) is 12.4 Å². The molecule has 0 saturated heterocycles. The van der Waals surface area contributed by atoms with Crippen molar-refractivity contribution in [3.05, 3.63) is 47.2 Å².